The van der Waals surface area contributed by atoms with Gasteiger partial charge in [-0.05, 0) is 18.9 Å². The van der Waals surface area contributed by atoms with E-state index in [2.05, 4.69) is 38.0 Å². The van der Waals surface area contributed by atoms with Crippen LogP contribution in [0.2, 0.25) is 0 Å². The molecule has 0 radical (unpaired) electrons. The van der Waals surface area contributed by atoms with Gasteiger partial charge in [0.1, 0.15) is 12.1 Å². The number of hydrogen-bond acceptors (Lipinski definition) is 5. The number of imidazole rings is 1. The smallest absolute Gasteiger partial charge is 0.131 e. The molecule has 0 bridgehead atoms. The molecule has 1 saturated heterocycles. The number of anilines is 1. The maximum absolute atomic E-state index is 4.41. The van der Waals surface area contributed by atoms with Gasteiger partial charge < -0.3 is 9.47 Å². The molecule has 2 aromatic rings. The second kappa shape index (κ2) is 6.22. The molecule has 0 saturated carbocycles. The summed E-state index contributed by atoms with van der Waals surface area (Å²) in [5, 5.41) is 0. The number of nitrogens with zero attached hydrogens (tertiary/aromatic N) is 6. The minimum absolute atomic E-state index is 0.555. The van der Waals surface area contributed by atoms with Crippen LogP contribution in [0.4, 0.5) is 5.82 Å². The van der Waals surface area contributed by atoms with Gasteiger partial charge in [0, 0.05) is 52.2 Å². The van der Waals surface area contributed by atoms with E-state index in [1.165, 1.54) is 0 Å². The standard InChI is InChI=1S/C15H22N6/c1-19-9-13(18-12-19)10-21-7-4-14(5-8-21)20(2)15-3-6-16-11-17-15/h3,6,9,11-12,14H,4-5,7-8,10H2,1-2H3. The van der Waals surface area contributed by atoms with E-state index in [9.17, 15) is 0 Å². The van der Waals surface area contributed by atoms with Crippen LogP contribution in [0, 0.1) is 0 Å². The van der Waals surface area contributed by atoms with E-state index >= 15 is 0 Å². The SMILES string of the molecule is CN(c1ccncn1)C1CCN(Cc2cn(C)cn2)CC1. The minimum atomic E-state index is 0.555. The molecule has 6 heteroatoms. The summed E-state index contributed by atoms with van der Waals surface area (Å²) in [5.74, 6) is 1.01. The van der Waals surface area contributed by atoms with Crippen molar-refractivity contribution in [3.63, 3.8) is 0 Å². The van der Waals surface area contributed by atoms with Crippen LogP contribution in [0.15, 0.2) is 31.1 Å². The highest BCUT2D eigenvalue weighted by atomic mass is 15.2. The van der Waals surface area contributed by atoms with Crippen molar-refractivity contribution >= 4 is 5.82 Å². The van der Waals surface area contributed by atoms with Gasteiger partial charge in [0.25, 0.3) is 0 Å². The van der Waals surface area contributed by atoms with Gasteiger partial charge >= 0.3 is 0 Å². The van der Waals surface area contributed by atoms with E-state index in [1.807, 2.05) is 24.0 Å². The molecule has 21 heavy (non-hydrogen) atoms. The van der Waals surface area contributed by atoms with Crippen molar-refractivity contribution in [1.82, 2.24) is 24.4 Å². The molecule has 1 aliphatic heterocycles. The van der Waals surface area contributed by atoms with Crippen molar-refractivity contribution in [2.45, 2.75) is 25.4 Å². The fourth-order valence-electron chi connectivity index (χ4n) is 2.92. The van der Waals surface area contributed by atoms with Crippen LogP contribution in [0.5, 0.6) is 0 Å². The average Bonchev–Trinajstić information content (AvgIpc) is 2.93. The monoisotopic (exact) mass is 286 g/mol. The number of aromatic nitrogens is 4. The van der Waals surface area contributed by atoms with Crippen LogP contribution >= 0.6 is 0 Å². The zero-order valence-corrected chi connectivity index (χ0v) is 12.7. The number of rotatable bonds is 4. The van der Waals surface area contributed by atoms with Crippen LogP contribution in [-0.4, -0.2) is 50.6 Å². The number of likely N-dealkylation sites (tertiary alicyclic amines) is 1. The third-order valence-electron chi connectivity index (χ3n) is 4.18. The van der Waals surface area contributed by atoms with E-state index in [0.717, 1.165) is 44.0 Å². The maximum Gasteiger partial charge on any atom is 0.131 e. The Balaban J connectivity index is 1.53. The Morgan fingerprint density at radius 3 is 2.71 bits per heavy atom. The first-order valence-corrected chi connectivity index (χ1v) is 7.40. The third-order valence-corrected chi connectivity index (χ3v) is 4.18. The predicted octanol–water partition coefficient (Wildman–Crippen LogP) is 1.31. The maximum atomic E-state index is 4.41. The number of hydrogen-bond donors (Lipinski definition) is 0. The van der Waals surface area contributed by atoms with Crippen molar-refractivity contribution in [2.75, 3.05) is 25.0 Å². The van der Waals surface area contributed by atoms with Gasteiger partial charge in [-0.15, -0.1) is 0 Å². The highest BCUT2D eigenvalue weighted by Crippen LogP contribution is 2.20. The van der Waals surface area contributed by atoms with Crippen LogP contribution in [-0.2, 0) is 13.6 Å². The minimum Gasteiger partial charge on any atom is -0.356 e. The number of piperidine rings is 1. The molecule has 0 aliphatic carbocycles. The summed E-state index contributed by atoms with van der Waals surface area (Å²) in [5.41, 5.74) is 1.15. The Bertz CT molecular complexity index is 559. The molecule has 2 aromatic heterocycles. The Hall–Kier alpha value is -1.95. The first-order chi connectivity index (χ1) is 10.2. The molecule has 0 atom stereocenters. The van der Waals surface area contributed by atoms with Crippen LogP contribution in [0.25, 0.3) is 0 Å². The molecule has 3 heterocycles. The Labute approximate surface area is 125 Å². The lowest BCUT2D eigenvalue weighted by atomic mass is 10.0. The predicted molar refractivity (Wildman–Crippen MR) is 81.9 cm³/mol. The highest BCUT2D eigenvalue weighted by molar-refractivity contribution is 5.36. The second-order valence-electron chi connectivity index (χ2n) is 5.72. The summed E-state index contributed by atoms with van der Waals surface area (Å²) < 4.78 is 2.00. The van der Waals surface area contributed by atoms with Gasteiger partial charge in [0.2, 0.25) is 0 Å². The fourth-order valence-corrected chi connectivity index (χ4v) is 2.92. The molecule has 112 valence electrons. The largest absolute Gasteiger partial charge is 0.356 e. The molecule has 6 nitrogen and oxygen atoms in total. The molecule has 3 rings (SSSR count). The first-order valence-electron chi connectivity index (χ1n) is 7.40. The number of aryl methyl sites for hydroxylation is 1. The highest BCUT2D eigenvalue weighted by Gasteiger charge is 2.23. The van der Waals surface area contributed by atoms with Gasteiger partial charge in [0.15, 0.2) is 0 Å². The van der Waals surface area contributed by atoms with Crippen LogP contribution in [0.1, 0.15) is 18.5 Å². The Morgan fingerprint density at radius 1 is 1.29 bits per heavy atom. The van der Waals surface area contributed by atoms with Crippen molar-refractivity contribution in [3.05, 3.63) is 36.8 Å². The van der Waals surface area contributed by atoms with Gasteiger partial charge in [-0.2, -0.15) is 0 Å². The molecular weight excluding hydrogens is 264 g/mol. The lowest BCUT2D eigenvalue weighted by Crippen LogP contribution is -2.43. The zero-order chi connectivity index (χ0) is 14.7. The Kier molecular flexibility index (Phi) is 4.15. The van der Waals surface area contributed by atoms with Crippen molar-refractivity contribution < 1.29 is 0 Å². The summed E-state index contributed by atoms with van der Waals surface area (Å²) in [6, 6.07) is 2.53. The van der Waals surface area contributed by atoms with Gasteiger partial charge in [-0.1, -0.05) is 0 Å². The molecule has 0 amide bonds. The topological polar surface area (TPSA) is 50.1 Å². The van der Waals surface area contributed by atoms with E-state index in [1.54, 1.807) is 12.5 Å². The molecular formula is C15H22N6. The van der Waals surface area contributed by atoms with E-state index in [-0.39, 0.29) is 0 Å². The molecule has 0 unspecified atom stereocenters. The molecule has 1 aliphatic rings. The van der Waals surface area contributed by atoms with E-state index in [0.29, 0.717) is 6.04 Å². The second-order valence-corrected chi connectivity index (χ2v) is 5.72. The average molecular weight is 286 g/mol. The van der Waals surface area contributed by atoms with Gasteiger partial charge in [0.05, 0.1) is 12.0 Å². The molecule has 0 spiro atoms. The van der Waals surface area contributed by atoms with Crippen LogP contribution < -0.4 is 4.90 Å². The van der Waals surface area contributed by atoms with Gasteiger partial charge in [-0.25, -0.2) is 15.0 Å². The van der Waals surface area contributed by atoms with E-state index in [4.69, 9.17) is 0 Å². The molecule has 0 aromatic carbocycles. The summed E-state index contributed by atoms with van der Waals surface area (Å²) in [4.78, 5) is 17.5. The summed E-state index contributed by atoms with van der Waals surface area (Å²) in [6.45, 7) is 3.16. The zero-order valence-electron chi connectivity index (χ0n) is 12.7. The molecule has 1 fully saturated rings. The lowest BCUT2D eigenvalue weighted by molar-refractivity contribution is 0.201. The fraction of sp³-hybridized carbons (Fsp3) is 0.533. The van der Waals surface area contributed by atoms with Crippen molar-refractivity contribution in [3.8, 4) is 0 Å². The lowest BCUT2D eigenvalue weighted by Gasteiger charge is -2.37. The quantitative estimate of drug-likeness (QED) is 0.848. The third kappa shape index (κ3) is 3.39. The summed E-state index contributed by atoms with van der Waals surface area (Å²) in [6.07, 6.45) is 9.70. The molecule has 0 N–H and O–H groups in total. The Morgan fingerprint density at radius 2 is 2.10 bits per heavy atom. The van der Waals surface area contributed by atoms with Crippen molar-refractivity contribution in [2.24, 2.45) is 7.05 Å². The van der Waals surface area contributed by atoms with Crippen LogP contribution in [0.3, 0.4) is 0 Å². The van der Waals surface area contributed by atoms with E-state index < -0.39 is 0 Å². The summed E-state index contributed by atoms with van der Waals surface area (Å²) >= 11 is 0. The van der Waals surface area contributed by atoms with Gasteiger partial charge in [-0.3, -0.25) is 4.90 Å². The summed E-state index contributed by atoms with van der Waals surface area (Å²) in [7, 11) is 4.14. The van der Waals surface area contributed by atoms with Crippen molar-refractivity contribution in [1.29, 1.82) is 0 Å². The normalized spacial score (nSPS) is 17.0. The first kappa shape index (κ1) is 14.0.